The van der Waals surface area contributed by atoms with Gasteiger partial charge in [-0.15, -0.1) is 5.10 Å². The smallest absolute Gasteiger partial charge is 0.307 e. The van der Waals surface area contributed by atoms with Gasteiger partial charge in [0.1, 0.15) is 11.8 Å². The van der Waals surface area contributed by atoms with Gasteiger partial charge in [0.15, 0.2) is 5.69 Å². The molecule has 0 bridgehead atoms. The van der Waals surface area contributed by atoms with Gasteiger partial charge in [-0.25, -0.2) is 4.68 Å². The van der Waals surface area contributed by atoms with Crippen molar-refractivity contribution in [1.29, 1.82) is 5.26 Å². The lowest BCUT2D eigenvalue weighted by Gasteiger charge is -2.06. The minimum Gasteiger partial charge on any atom is -0.481 e. The van der Waals surface area contributed by atoms with Crippen LogP contribution in [-0.2, 0) is 22.6 Å². The summed E-state index contributed by atoms with van der Waals surface area (Å²) in [5.41, 5.74) is 2.15. The van der Waals surface area contributed by atoms with Crippen molar-refractivity contribution in [3.05, 3.63) is 41.2 Å². The second-order valence-electron chi connectivity index (χ2n) is 4.08. The lowest BCUT2D eigenvalue weighted by Crippen LogP contribution is -2.05. The van der Waals surface area contributed by atoms with Gasteiger partial charge in [-0.3, -0.25) is 4.79 Å². The minimum absolute atomic E-state index is 0.0357. The summed E-state index contributed by atoms with van der Waals surface area (Å²) in [6.45, 7) is 0.215. The number of aliphatic carboxylic acids is 1. The number of hydrogen-bond donors (Lipinski definition) is 1. The van der Waals surface area contributed by atoms with E-state index in [0.717, 1.165) is 0 Å². The number of carbonyl (C=O) groups is 1. The fourth-order valence-electron chi connectivity index (χ4n) is 1.79. The Morgan fingerprint density at radius 3 is 2.70 bits per heavy atom. The molecule has 20 heavy (non-hydrogen) atoms. The molecule has 0 aliphatic rings. The molecule has 2 aromatic rings. The molecule has 0 radical (unpaired) electrons. The van der Waals surface area contributed by atoms with Crippen molar-refractivity contribution in [2.24, 2.45) is 0 Å². The number of hydrogen-bond acceptors (Lipinski definition) is 5. The van der Waals surface area contributed by atoms with Crippen LogP contribution in [0.3, 0.4) is 0 Å². The quantitative estimate of drug-likeness (QED) is 0.868. The number of benzene rings is 1. The number of ether oxygens (including phenoxy) is 1. The standard InChI is InChI=1S/C13H12N4O3/c1-20-8-12-11(7-14)15-16-17(12)10-4-2-9(3-5-10)6-13(18)19/h2-5H,6,8H2,1H3,(H,18,19). The minimum atomic E-state index is -0.884. The lowest BCUT2D eigenvalue weighted by molar-refractivity contribution is -0.136. The molecular formula is C13H12N4O3. The highest BCUT2D eigenvalue weighted by Gasteiger charge is 2.13. The van der Waals surface area contributed by atoms with Crippen LogP contribution in [0.15, 0.2) is 24.3 Å². The Morgan fingerprint density at radius 2 is 2.15 bits per heavy atom. The predicted octanol–water partition coefficient (Wildman–Crippen LogP) is 0.912. The number of rotatable bonds is 5. The molecule has 102 valence electrons. The van der Waals surface area contributed by atoms with Gasteiger partial charge in [0.05, 0.1) is 18.7 Å². The second kappa shape index (κ2) is 5.95. The molecule has 0 aliphatic carbocycles. The Kier molecular flexibility index (Phi) is 4.08. The first-order valence-corrected chi connectivity index (χ1v) is 5.80. The van der Waals surface area contributed by atoms with Crippen molar-refractivity contribution >= 4 is 5.97 Å². The van der Waals surface area contributed by atoms with Crippen LogP contribution in [0.5, 0.6) is 0 Å². The topological polar surface area (TPSA) is 101 Å². The molecule has 0 saturated heterocycles. The third-order valence-electron chi connectivity index (χ3n) is 2.69. The van der Waals surface area contributed by atoms with E-state index in [-0.39, 0.29) is 18.7 Å². The van der Waals surface area contributed by atoms with Crippen molar-refractivity contribution < 1.29 is 14.6 Å². The molecule has 1 N–H and O–H groups in total. The van der Waals surface area contributed by atoms with Crippen LogP contribution in [0.25, 0.3) is 5.69 Å². The fourth-order valence-corrected chi connectivity index (χ4v) is 1.79. The van der Waals surface area contributed by atoms with E-state index in [1.54, 1.807) is 24.3 Å². The van der Waals surface area contributed by atoms with Crippen molar-refractivity contribution in [3.63, 3.8) is 0 Å². The van der Waals surface area contributed by atoms with E-state index in [2.05, 4.69) is 10.3 Å². The molecule has 1 aromatic heterocycles. The Bertz CT molecular complexity index is 655. The van der Waals surface area contributed by atoms with Crippen molar-refractivity contribution in [2.75, 3.05) is 7.11 Å². The summed E-state index contributed by atoms with van der Waals surface area (Å²) in [5.74, 6) is -0.884. The van der Waals surface area contributed by atoms with Gasteiger partial charge in [0, 0.05) is 7.11 Å². The molecule has 0 aliphatic heterocycles. The van der Waals surface area contributed by atoms with Gasteiger partial charge in [-0.1, -0.05) is 17.3 Å². The molecule has 7 heteroatoms. The van der Waals surface area contributed by atoms with Crippen molar-refractivity contribution in [2.45, 2.75) is 13.0 Å². The van der Waals surface area contributed by atoms with Crippen LogP contribution < -0.4 is 0 Å². The molecule has 0 amide bonds. The van der Waals surface area contributed by atoms with Crippen molar-refractivity contribution in [1.82, 2.24) is 15.0 Å². The maximum atomic E-state index is 10.6. The summed E-state index contributed by atoms with van der Waals surface area (Å²) >= 11 is 0. The number of nitriles is 1. The number of methoxy groups -OCH3 is 1. The maximum absolute atomic E-state index is 10.6. The first kappa shape index (κ1) is 13.7. The van der Waals surface area contributed by atoms with E-state index in [9.17, 15) is 4.79 Å². The van der Waals surface area contributed by atoms with E-state index in [0.29, 0.717) is 16.9 Å². The number of aromatic nitrogens is 3. The van der Waals surface area contributed by atoms with E-state index >= 15 is 0 Å². The van der Waals surface area contributed by atoms with Gasteiger partial charge in [0.25, 0.3) is 0 Å². The normalized spacial score (nSPS) is 10.2. The number of carboxylic acid groups (broad SMARTS) is 1. The predicted molar refractivity (Wildman–Crippen MR) is 68.1 cm³/mol. The van der Waals surface area contributed by atoms with Crippen LogP contribution >= 0.6 is 0 Å². The summed E-state index contributed by atoms with van der Waals surface area (Å²) in [7, 11) is 1.52. The highest BCUT2D eigenvalue weighted by atomic mass is 16.5. The molecule has 0 atom stereocenters. The highest BCUT2D eigenvalue weighted by Crippen LogP contribution is 2.14. The summed E-state index contributed by atoms with van der Waals surface area (Å²) < 4.78 is 6.54. The van der Waals surface area contributed by atoms with E-state index < -0.39 is 5.97 Å². The monoisotopic (exact) mass is 272 g/mol. The summed E-state index contributed by atoms with van der Waals surface area (Å²) in [5, 5.41) is 25.4. The average Bonchev–Trinajstić information content (AvgIpc) is 2.82. The first-order chi connectivity index (χ1) is 9.65. The number of nitrogens with zero attached hydrogens (tertiary/aromatic N) is 4. The molecule has 2 rings (SSSR count). The average molecular weight is 272 g/mol. The molecular weight excluding hydrogens is 260 g/mol. The maximum Gasteiger partial charge on any atom is 0.307 e. The lowest BCUT2D eigenvalue weighted by atomic mass is 10.1. The van der Waals surface area contributed by atoms with E-state index in [4.69, 9.17) is 15.1 Å². The van der Waals surface area contributed by atoms with E-state index in [1.807, 2.05) is 6.07 Å². The van der Waals surface area contributed by atoms with Gasteiger partial charge >= 0.3 is 5.97 Å². The van der Waals surface area contributed by atoms with Crippen LogP contribution in [0.2, 0.25) is 0 Å². The van der Waals surface area contributed by atoms with Crippen molar-refractivity contribution in [3.8, 4) is 11.8 Å². The van der Waals surface area contributed by atoms with E-state index in [1.165, 1.54) is 11.8 Å². The fraction of sp³-hybridized carbons (Fsp3) is 0.231. The number of carboxylic acids is 1. The molecule has 0 unspecified atom stereocenters. The van der Waals surface area contributed by atoms with Gasteiger partial charge < -0.3 is 9.84 Å². The third-order valence-corrected chi connectivity index (χ3v) is 2.69. The third kappa shape index (κ3) is 2.81. The molecule has 1 aromatic carbocycles. The zero-order chi connectivity index (χ0) is 14.5. The molecule has 7 nitrogen and oxygen atoms in total. The highest BCUT2D eigenvalue weighted by molar-refractivity contribution is 5.70. The molecule has 0 fully saturated rings. The summed E-state index contributed by atoms with van der Waals surface area (Å²) in [6.07, 6.45) is -0.0357. The largest absolute Gasteiger partial charge is 0.481 e. The SMILES string of the molecule is COCc1c(C#N)nnn1-c1ccc(CC(=O)O)cc1. The summed E-state index contributed by atoms with van der Waals surface area (Å²) in [4.78, 5) is 10.6. The van der Waals surface area contributed by atoms with Crippen LogP contribution in [0.4, 0.5) is 0 Å². The Hall–Kier alpha value is -2.72. The van der Waals surface area contributed by atoms with Gasteiger partial charge in [-0.2, -0.15) is 5.26 Å². The van der Waals surface area contributed by atoms with Crippen LogP contribution in [0, 0.1) is 11.3 Å². The molecule has 0 saturated carbocycles. The Labute approximate surface area is 115 Å². The van der Waals surface area contributed by atoms with Gasteiger partial charge in [-0.05, 0) is 17.7 Å². The summed E-state index contributed by atoms with van der Waals surface area (Å²) in [6, 6.07) is 8.82. The zero-order valence-electron chi connectivity index (χ0n) is 10.8. The zero-order valence-corrected chi connectivity index (χ0v) is 10.8. The molecule has 0 spiro atoms. The van der Waals surface area contributed by atoms with Crippen LogP contribution in [-0.4, -0.2) is 33.2 Å². The Balaban J connectivity index is 2.34. The van der Waals surface area contributed by atoms with Crippen LogP contribution in [0.1, 0.15) is 17.0 Å². The van der Waals surface area contributed by atoms with Gasteiger partial charge in [0.2, 0.25) is 0 Å². The molecule has 1 heterocycles. The Morgan fingerprint density at radius 1 is 1.45 bits per heavy atom. The first-order valence-electron chi connectivity index (χ1n) is 5.80. The second-order valence-corrected chi connectivity index (χ2v) is 4.08.